The van der Waals surface area contributed by atoms with Gasteiger partial charge in [-0.15, -0.1) is 0 Å². The third-order valence-electron chi connectivity index (χ3n) is 2.58. The highest BCUT2D eigenvalue weighted by atomic mass is 16.5. The summed E-state index contributed by atoms with van der Waals surface area (Å²) in [6, 6.07) is 6.24. The first kappa shape index (κ1) is 15.7. The van der Waals surface area contributed by atoms with Crippen molar-refractivity contribution in [2.45, 2.75) is 6.10 Å². The predicted octanol–water partition coefficient (Wildman–Crippen LogP) is -0.581. The summed E-state index contributed by atoms with van der Waals surface area (Å²) in [6.07, 6.45) is -0.716. The van der Waals surface area contributed by atoms with Crippen molar-refractivity contribution in [3.05, 3.63) is 24.3 Å². The summed E-state index contributed by atoms with van der Waals surface area (Å²) in [5.41, 5.74) is 0. The second kappa shape index (κ2) is 8.71. The zero-order valence-electron chi connectivity index (χ0n) is 10.8. The number of hydrogen-bond acceptors (Lipinski definition) is 6. The SMILES string of the molecule is OCCN(CCO)CC(O)COc1ccc(O)cc1. The molecule has 0 radical (unpaired) electrons. The molecule has 108 valence electrons. The summed E-state index contributed by atoms with van der Waals surface area (Å²) in [5, 5.41) is 36.6. The molecule has 6 nitrogen and oxygen atoms in total. The van der Waals surface area contributed by atoms with Crippen molar-refractivity contribution in [1.29, 1.82) is 0 Å². The molecule has 0 amide bonds. The zero-order valence-corrected chi connectivity index (χ0v) is 10.8. The van der Waals surface area contributed by atoms with E-state index in [9.17, 15) is 5.11 Å². The second-order valence-electron chi connectivity index (χ2n) is 4.21. The fourth-order valence-electron chi connectivity index (χ4n) is 1.66. The number of hydrogen-bond donors (Lipinski definition) is 4. The van der Waals surface area contributed by atoms with Crippen molar-refractivity contribution in [3.8, 4) is 11.5 Å². The molecule has 4 N–H and O–H groups in total. The Morgan fingerprint density at radius 2 is 1.63 bits per heavy atom. The van der Waals surface area contributed by atoms with E-state index >= 15 is 0 Å². The maximum Gasteiger partial charge on any atom is 0.119 e. The van der Waals surface area contributed by atoms with Crippen LogP contribution in [0.4, 0.5) is 0 Å². The minimum Gasteiger partial charge on any atom is -0.508 e. The maximum absolute atomic E-state index is 9.81. The molecule has 0 aliphatic heterocycles. The number of phenols is 1. The largest absolute Gasteiger partial charge is 0.508 e. The summed E-state index contributed by atoms with van der Waals surface area (Å²) in [4.78, 5) is 1.75. The van der Waals surface area contributed by atoms with Crippen LogP contribution in [0, 0.1) is 0 Å². The van der Waals surface area contributed by atoms with Crippen LogP contribution in [-0.4, -0.2) is 70.9 Å². The number of ether oxygens (including phenoxy) is 1. The normalized spacial score (nSPS) is 12.6. The van der Waals surface area contributed by atoms with Gasteiger partial charge in [0.1, 0.15) is 24.2 Å². The van der Waals surface area contributed by atoms with E-state index in [0.29, 0.717) is 25.4 Å². The Bertz CT molecular complexity index is 337. The van der Waals surface area contributed by atoms with Gasteiger partial charge < -0.3 is 25.2 Å². The summed E-state index contributed by atoms with van der Waals surface area (Å²) >= 11 is 0. The molecule has 0 aliphatic carbocycles. The highest BCUT2D eigenvalue weighted by molar-refractivity contribution is 5.30. The molecular weight excluding hydrogens is 250 g/mol. The quantitative estimate of drug-likeness (QED) is 0.480. The lowest BCUT2D eigenvalue weighted by atomic mass is 10.3. The minimum atomic E-state index is -0.716. The van der Waals surface area contributed by atoms with E-state index in [0.717, 1.165) is 0 Å². The van der Waals surface area contributed by atoms with Gasteiger partial charge in [0.25, 0.3) is 0 Å². The van der Waals surface area contributed by atoms with Crippen LogP contribution in [0.2, 0.25) is 0 Å². The van der Waals surface area contributed by atoms with Gasteiger partial charge in [-0.05, 0) is 24.3 Å². The van der Waals surface area contributed by atoms with E-state index in [4.69, 9.17) is 20.1 Å². The van der Waals surface area contributed by atoms with Gasteiger partial charge in [-0.2, -0.15) is 0 Å². The molecular formula is C13H21NO5. The number of aliphatic hydroxyl groups is 3. The molecule has 0 aromatic heterocycles. The van der Waals surface area contributed by atoms with E-state index in [1.165, 1.54) is 12.1 Å². The van der Waals surface area contributed by atoms with Gasteiger partial charge in [0, 0.05) is 19.6 Å². The Balaban J connectivity index is 2.33. The Morgan fingerprint density at radius 1 is 1.05 bits per heavy atom. The number of aromatic hydroxyl groups is 1. The summed E-state index contributed by atoms with van der Waals surface area (Å²) in [5.74, 6) is 0.720. The van der Waals surface area contributed by atoms with Crippen LogP contribution in [0.15, 0.2) is 24.3 Å². The van der Waals surface area contributed by atoms with Crippen molar-refractivity contribution in [2.24, 2.45) is 0 Å². The fraction of sp³-hybridized carbons (Fsp3) is 0.538. The monoisotopic (exact) mass is 271 g/mol. The molecule has 0 aliphatic rings. The smallest absolute Gasteiger partial charge is 0.119 e. The third kappa shape index (κ3) is 6.40. The first-order valence-electron chi connectivity index (χ1n) is 6.19. The molecule has 0 fully saturated rings. The number of aliphatic hydroxyl groups excluding tert-OH is 3. The molecule has 0 heterocycles. The predicted molar refractivity (Wildman–Crippen MR) is 70.2 cm³/mol. The fourth-order valence-corrected chi connectivity index (χ4v) is 1.66. The molecule has 1 aromatic rings. The average molecular weight is 271 g/mol. The van der Waals surface area contributed by atoms with Crippen LogP contribution in [0.5, 0.6) is 11.5 Å². The van der Waals surface area contributed by atoms with Crippen LogP contribution in [0.3, 0.4) is 0 Å². The minimum absolute atomic E-state index is 0.0223. The van der Waals surface area contributed by atoms with Gasteiger partial charge in [0.2, 0.25) is 0 Å². The number of phenolic OH excluding ortho intramolecular Hbond substituents is 1. The maximum atomic E-state index is 9.81. The molecule has 1 aromatic carbocycles. The topological polar surface area (TPSA) is 93.4 Å². The lowest BCUT2D eigenvalue weighted by molar-refractivity contribution is 0.0552. The molecule has 1 atom stereocenters. The highest BCUT2D eigenvalue weighted by Gasteiger charge is 2.11. The highest BCUT2D eigenvalue weighted by Crippen LogP contribution is 2.15. The van der Waals surface area contributed by atoms with Crippen molar-refractivity contribution < 1.29 is 25.2 Å². The van der Waals surface area contributed by atoms with Crippen LogP contribution in [0.1, 0.15) is 0 Å². The van der Waals surface area contributed by atoms with Crippen molar-refractivity contribution >= 4 is 0 Å². The number of benzene rings is 1. The van der Waals surface area contributed by atoms with Crippen molar-refractivity contribution in [2.75, 3.05) is 39.5 Å². The van der Waals surface area contributed by atoms with Crippen LogP contribution < -0.4 is 4.74 Å². The van der Waals surface area contributed by atoms with Crippen LogP contribution in [-0.2, 0) is 0 Å². The van der Waals surface area contributed by atoms with Gasteiger partial charge in [-0.25, -0.2) is 0 Å². The Labute approximate surface area is 112 Å². The molecule has 0 bridgehead atoms. The first-order chi connectivity index (χ1) is 9.15. The van der Waals surface area contributed by atoms with E-state index in [1.54, 1.807) is 17.0 Å². The third-order valence-corrected chi connectivity index (χ3v) is 2.58. The van der Waals surface area contributed by atoms with Gasteiger partial charge in [0.05, 0.1) is 13.2 Å². The lowest BCUT2D eigenvalue weighted by Gasteiger charge is -2.23. The molecule has 19 heavy (non-hydrogen) atoms. The average Bonchev–Trinajstić information content (AvgIpc) is 2.39. The molecule has 1 unspecified atom stereocenters. The summed E-state index contributed by atoms with van der Waals surface area (Å²) in [7, 11) is 0. The molecule has 0 saturated carbocycles. The Kier molecular flexibility index (Phi) is 7.20. The zero-order chi connectivity index (χ0) is 14.1. The van der Waals surface area contributed by atoms with Gasteiger partial charge in [-0.3, -0.25) is 4.90 Å². The van der Waals surface area contributed by atoms with E-state index in [1.807, 2.05) is 0 Å². The standard InChI is InChI=1S/C13H21NO5/c15-7-5-14(6-8-16)9-12(18)10-19-13-3-1-11(17)2-4-13/h1-4,12,15-18H,5-10H2. The lowest BCUT2D eigenvalue weighted by Crippen LogP contribution is -2.38. The van der Waals surface area contributed by atoms with E-state index < -0.39 is 6.10 Å². The molecule has 6 heteroatoms. The number of nitrogens with zero attached hydrogens (tertiary/aromatic N) is 1. The van der Waals surface area contributed by atoms with Gasteiger partial charge >= 0.3 is 0 Å². The van der Waals surface area contributed by atoms with Crippen molar-refractivity contribution in [3.63, 3.8) is 0 Å². The summed E-state index contributed by atoms with van der Waals surface area (Å²) < 4.78 is 5.37. The second-order valence-corrected chi connectivity index (χ2v) is 4.21. The first-order valence-corrected chi connectivity index (χ1v) is 6.19. The van der Waals surface area contributed by atoms with Crippen molar-refractivity contribution in [1.82, 2.24) is 4.90 Å². The molecule has 0 saturated heterocycles. The van der Waals surface area contributed by atoms with Crippen LogP contribution >= 0.6 is 0 Å². The van der Waals surface area contributed by atoms with Crippen LogP contribution in [0.25, 0.3) is 0 Å². The van der Waals surface area contributed by atoms with Gasteiger partial charge in [-0.1, -0.05) is 0 Å². The molecule has 1 rings (SSSR count). The van der Waals surface area contributed by atoms with Gasteiger partial charge in [0.15, 0.2) is 0 Å². The Morgan fingerprint density at radius 3 is 2.16 bits per heavy atom. The Hall–Kier alpha value is -1.34. The van der Waals surface area contributed by atoms with E-state index in [-0.39, 0.29) is 25.6 Å². The number of rotatable bonds is 9. The molecule has 0 spiro atoms. The van der Waals surface area contributed by atoms with E-state index in [2.05, 4.69) is 0 Å². The summed E-state index contributed by atoms with van der Waals surface area (Å²) in [6.45, 7) is 1.18.